The van der Waals surface area contributed by atoms with Gasteiger partial charge >= 0.3 is 0 Å². The Morgan fingerprint density at radius 1 is 1.38 bits per heavy atom. The van der Waals surface area contributed by atoms with E-state index in [-0.39, 0.29) is 16.3 Å². The molecule has 0 spiro atoms. The first-order valence-corrected chi connectivity index (χ1v) is 8.30. The number of nitrogens with zero attached hydrogens (tertiary/aromatic N) is 2. The second-order valence-corrected chi connectivity index (χ2v) is 6.80. The molecule has 114 valence electrons. The zero-order chi connectivity index (χ0) is 15.5. The summed E-state index contributed by atoms with van der Waals surface area (Å²) in [6, 6.07) is 4.71. The lowest BCUT2D eigenvalue weighted by molar-refractivity contribution is 0.339. The molecule has 1 heterocycles. The van der Waals surface area contributed by atoms with Crippen molar-refractivity contribution in [2.24, 2.45) is 7.05 Å². The third kappa shape index (κ3) is 3.75. The van der Waals surface area contributed by atoms with E-state index in [1.54, 1.807) is 36.3 Å². The third-order valence-corrected chi connectivity index (χ3v) is 4.81. The van der Waals surface area contributed by atoms with Crippen LogP contribution in [0.5, 0.6) is 5.75 Å². The van der Waals surface area contributed by atoms with E-state index in [2.05, 4.69) is 5.10 Å². The molecule has 1 aromatic heterocycles. The van der Waals surface area contributed by atoms with Crippen LogP contribution in [-0.4, -0.2) is 30.6 Å². The number of aromatic nitrogens is 2. The zero-order valence-electron chi connectivity index (χ0n) is 12.1. The smallest absolute Gasteiger partial charge is 0.180 e. The van der Waals surface area contributed by atoms with Crippen molar-refractivity contribution in [2.75, 3.05) is 18.1 Å². The van der Waals surface area contributed by atoms with Crippen molar-refractivity contribution in [1.29, 1.82) is 0 Å². The van der Waals surface area contributed by atoms with Crippen molar-refractivity contribution in [2.45, 2.75) is 18.2 Å². The number of sulfone groups is 1. The molecule has 0 atom stereocenters. The fourth-order valence-electron chi connectivity index (χ4n) is 2.00. The minimum atomic E-state index is -3.46. The summed E-state index contributed by atoms with van der Waals surface area (Å²) in [4.78, 5) is 0.123. The Labute approximate surface area is 124 Å². The standard InChI is InChI=1S/C14H19N3O3S/c1-3-20-12-4-5-13(15)14(8-12)21(18,19)7-6-11-9-16-17(2)10-11/h4-5,8-10H,3,6-7,15H2,1-2H3. The molecule has 1 aromatic carbocycles. The Balaban J connectivity index is 2.20. The Kier molecular flexibility index (Phi) is 4.52. The summed E-state index contributed by atoms with van der Waals surface area (Å²) in [6.45, 7) is 2.31. The second kappa shape index (κ2) is 6.17. The van der Waals surface area contributed by atoms with Gasteiger partial charge in [0.1, 0.15) is 5.75 Å². The molecule has 21 heavy (non-hydrogen) atoms. The summed E-state index contributed by atoms with van der Waals surface area (Å²) >= 11 is 0. The molecule has 0 saturated carbocycles. The van der Waals surface area contributed by atoms with Crippen molar-refractivity contribution in [3.63, 3.8) is 0 Å². The Morgan fingerprint density at radius 2 is 2.14 bits per heavy atom. The van der Waals surface area contributed by atoms with Gasteiger partial charge in [0.2, 0.25) is 0 Å². The van der Waals surface area contributed by atoms with Crippen molar-refractivity contribution in [1.82, 2.24) is 9.78 Å². The first-order valence-electron chi connectivity index (χ1n) is 6.65. The minimum Gasteiger partial charge on any atom is -0.494 e. The van der Waals surface area contributed by atoms with Crippen molar-refractivity contribution in [3.8, 4) is 5.75 Å². The van der Waals surface area contributed by atoms with Gasteiger partial charge in [-0.2, -0.15) is 5.10 Å². The number of nitrogen functional groups attached to an aromatic ring is 1. The van der Waals surface area contributed by atoms with Gasteiger partial charge in [0.15, 0.2) is 9.84 Å². The zero-order valence-corrected chi connectivity index (χ0v) is 12.9. The number of nitrogens with two attached hydrogens (primary N) is 1. The number of aryl methyl sites for hydroxylation is 2. The van der Waals surface area contributed by atoms with Gasteiger partial charge in [0, 0.05) is 19.3 Å². The summed E-state index contributed by atoms with van der Waals surface area (Å²) in [5, 5.41) is 4.02. The van der Waals surface area contributed by atoms with Gasteiger partial charge in [-0.1, -0.05) is 0 Å². The van der Waals surface area contributed by atoms with Crippen molar-refractivity contribution >= 4 is 15.5 Å². The molecule has 2 aromatic rings. The van der Waals surface area contributed by atoms with Crippen molar-refractivity contribution in [3.05, 3.63) is 36.2 Å². The van der Waals surface area contributed by atoms with Gasteiger partial charge in [-0.25, -0.2) is 8.42 Å². The molecule has 0 amide bonds. The van der Waals surface area contributed by atoms with Crippen LogP contribution in [0.3, 0.4) is 0 Å². The molecule has 0 aliphatic rings. The Hall–Kier alpha value is -2.02. The number of rotatable bonds is 6. The second-order valence-electron chi connectivity index (χ2n) is 4.72. The van der Waals surface area contributed by atoms with E-state index in [0.29, 0.717) is 18.8 Å². The normalized spacial score (nSPS) is 11.5. The highest BCUT2D eigenvalue weighted by Crippen LogP contribution is 2.25. The van der Waals surface area contributed by atoms with Gasteiger partial charge in [-0.15, -0.1) is 0 Å². The molecule has 2 rings (SSSR count). The number of hydrogen-bond donors (Lipinski definition) is 1. The molecule has 0 radical (unpaired) electrons. The van der Waals surface area contributed by atoms with Crippen LogP contribution < -0.4 is 10.5 Å². The highest BCUT2D eigenvalue weighted by Gasteiger charge is 2.19. The van der Waals surface area contributed by atoms with E-state index in [0.717, 1.165) is 5.56 Å². The predicted molar refractivity (Wildman–Crippen MR) is 81.0 cm³/mol. The van der Waals surface area contributed by atoms with E-state index in [9.17, 15) is 8.42 Å². The first kappa shape index (κ1) is 15.4. The van der Waals surface area contributed by atoms with Crippen LogP contribution in [-0.2, 0) is 23.3 Å². The topological polar surface area (TPSA) is 87.2 Å². The Morgan fingerprint density at radius 3 is 2.76 bits per heavy atom. The van der Waals surface area contributed by atoms with E-state index < -0.39 is 9.84 Å². The molecule has 7 heteroatoms. The summed E-state index contributed by atoms with van der Waals surface area (Å²) in [7, 11) is -1.67. The number of hydrogen-bond acceptors (Lipinski definition) is 5. The van der Waals surface area contributed by atoms with Crippen molar-refractivity contribution < 1.29 is 13.2 Å². The van der Waals surface area contributed by atoms with Gasteiger partial charge in [0.05, 0.1) is 29.1 Å². The summed E-state index contributed by atoms with van der Waals surface area (Å²) in [5.41, 5.74) is 6.91. The third-order valence-electron chi connectivity index (χ3n) is 3.05. The van der Waals surface area contributed by atoms with E-state index in [1.165, 1.54) is 6.07 Å². The van der Waals surface area contributed by atoms with Crippen LogP contribution in [0.25, 0.3) is 0 Å². The monoisotopic (exact) mass is 309 g/mol. The van der Waals surface area contributed by atoms with Gasteiger partial charge in [-0.05, 0) is 31.0 Å². The quantitative estimate of drug-likeness (QED) is 0.815. The molecule has 0 unspecified atom stereocenters. The van der Waals surface area contributed by atoms with Crippen LogP contribution in [0.2, 0.25) is 0 Å². The summed E-state index contributed by atoms with van der Waals surface area (Å²) in [6.07, 6.45) is 3.86. The average molecular weight is 309 g/mol. The lowest BCUT2D eigenvalue weighted by Crippen LogP contribution is -2.11. The predicted octanol–water partition coefficient (Wildman–Crippen LogP) is 1.42. The fraction of sp³-hybridized carbons (Fsp3) is 0.357. The van der Waals surface area contributed by atoms with E-state index in [4.69, 9.17) is 10.5 Å². The molecular formula is C14H19N3O3S. The highest BCUT2D eigenvalue weighted by atomic mass is 32.2. The summed E-state index contributed by atoms with van der Waals surface area (Å²) < 4.78 is 31.8. The molecule has 0 aliphatic heterocycles. The number of ether oxygens (including phenoxy) is 1. The van der Waals surface area contributed by atoms with Crippen LogP contribution >= 0.6 is 0 Å². The lowest BCUT2D eigenvalue weighted by Gasteiger charge is -2.10. The van der Waals surface area contributed by atoms with Gasteiger partial charge in [0.25, 0.3) is 0 Å². The van der Waals surface area contributed by atoms with Crippen LogP contribution in [0, 0.1) is 0 Å². The Bertz CT molecular complexity index is 723. The maximum Gasteiger partial charge on any atom is 0.180 e. The van der Waals surface area contributed by atoms with Gasteiger partial charge in [-0.3, -0.25) is 4.68 Å². The first-order chi connectivity index (χ1) is 9.92. The largest absolute Gasteiger partial charge is 0.494 e. The minimum absolute atomic E-state index is 0.0154. The van der Waals surface area contributed by atoms with Crippen LogP contribution in [0.1, 0.15) is 12.5 Å². The molecule has 0 fully saturated rings. The maximum atomic E-state index is 12.4. The molecule has 2 N–H and O–H groups in total. The number of benzene rings is 1. The van der Waals surface area contributed by atoms with Crippen LogP contribution in [0.15, 0.2) is 35.5 Å². The maximum absolute atomic E-state index is 12.4. The lowest BCUT2D eigenvalue weighted by atomic mass is 10.3. The van der Waals surface area contributed by atoms with Crippen LogP contribution in [0.4, 0.5) is 5.69 Å². The molecule has 6 nitrogen and oxygen atoms in total. The molecular weight excluding hydrogens is 290 g/mol. The molecule has 0 saturated heterocycles. The fourth-order valence-corrected chi connectivity index (χ4v) is 3.45. The van der Waals surface area contributed by atoms with Gasteiger partial charge < -0.3 is 10.5 Å². The molecule has 0 aliphatic carbocycles. The highest BCUT2D eigenvalue weighted by molar-refractivity contribution is 7.91. The van der Waals surface area contributed by atoms with E-state index >= 15 is 0 Å². The van der Waals surface area contributed by atoms with E-state index in [1.807, 2.05) is 6.92 Å². The number of anilines is 1. The summed E-state index contributed by atoms with van der Waals surface area (Å²) in [5.74, 6) is 0.491. The average Bonchev–Trinajstić information content (AvgIpc) is 2.85. The SMILES string of the molecule is CCOc1ccc(N)c(S(=O)(=O)CCc2cnn(C)c2)c1. The molecule has 0 bridgehead atoms.